The Hall–Kier alpha value is -12.8. The Morgan fingerprint density at radius 2 is 0.439 bits per heavy atom. The van der Waals surface area contributed by atoms with Crippen LogP contribution in [0.3, 0.4) is 0 Å². The minimum atomic E-state index is -3.74. The molecule has 0 saturated carbocycles. The third-order valence-electron chi connectivity index (χ3n) is 18.1. The number of nitrogens with zero attached hydrogens (tertiary/aromatic N) is 10. The van der Waals surface area contributed by atoms with Gasteiger partial charge in [0.1, 0.15) is 0 Å². The molecule has 0 spiro atoms. The first-order chi connectivity index (χ1) is 48.6. The molecule has 17 rings (SSSR count). The Kier molecular flexibility index (Phi) is 15.6. The van der Waals surface area contributed by atoms with E-state index in [0.717, 1.165) is 88.7 Å². The van der Waals surface area contributed by atoms with Gasteiger partial charge in [-0.2, -0.15) is 0 Å². The molecule has 0 aliphatic heterocycles. The van der Waals surface area contributed by atoms with Gasteiger partial charge in [-0.15, -0.1) is 0 Å². The molecule has 460 valence electrons. The van der Waals surface area contributed by atoms with Crippen molar-refractivity contribution in [2.75, 3.05) is 0 Å². The van der Waals surface area contributed by atoms with E-state index in [2.05, 4.69) is 199 Å². The summed E-state index contributed by atoms with van der Waals surface area (Å²) in [6, 6.07) is 123. The van der Waals surface area contributed by atoms with Gasteiger partial charge in [-0.25, -0.2) is 29.9 Å². The summed E-state index contributed by atoms with van der Waals surface area (Å²) in [5.41, 5.74) is 12.5. The van der Waals surface area contributed by atoms with Gasteiger partial charge in [-0.05, 0) is 0 Å². The van der Waals surface area contributed by atoms with E-state index in [1.807, 2.05) is 158 Å². The van der Waals surface area contributed by atoms with Crippen LogP contribution in [0.1, 0.15) is 0 Å². The van der Waals surface area contributed by atoms with E-state index in [-0.39, 0.29) is 0 Å². The molecule has 0 aliphatic carbocycles. The SMILES string of the molecule is c1ccc(-c2nc(-c3ccccc3)nc(-c3ccc4c(c3)c3cc(-c5nc(-c6ccccc6)nc(-c6ccccc6)n5)ccc3n4-c3ccc(-c4ccc[c]([Ge]([c]5ccccc5)([c]5ccccc5)[c]5ccccc5)c4)cc3-c3nc(-c4ccccc4)nc(-c4ccccc4)n3)n2)cc1. The van der Waals surface area contributed by atoms with Crippen LogP contribution in [0.5, 0.6) is 0 Å². The van der Waals surface area contributed by atoms with Crippen LogP contribution in [-0.2, 0) is 0 Å². The van der Waals surface area contributed by atoms with E-state index < -0.39 is 13.3 Å². The smallest absolute Gasteiger partial charge is 0.0512 e. The monoisotopic (exact) mass is 1320 g/mol. The number of fused-ring (bicyclic) bond motifs is 3. The molecule has 0 atom stereocenters. The number of hydrogen-bond acceptors (Lipinski definition) is 9. The van der Waals surface area contributed by atoms with Crippen LogP contribution in [0.2, 0.25) is 0 Å². The molecular weight excluding hydrogens is 1260 g/mol. The fraction of sp³-hybridized carbons (Fsp3) is 0. The van der Waals surface area contributed by atoms with Gasteiger partial charge < -0.3 is 0 Å². The largest absolute Gasteiger partial charge is 0.208 e. The predicted molar refractivity (Wildman–Crippen MR) is 399 cm³/mol. The molecule has 0 radical (unpaired) electrons. The minimum absolute atomic E-state index is 0.512. The first-order valence-electron chi connectivity index (χ1n) is 32.7. The zero-order chi connectivity index (χ0) is 65.2. The molecule has 0 N–H and O–H groups in total. The van der Waals surface area contributed by atoms with Gasteiger partial charge in [0.2, 0.25) is 0 Å². The Morgan fingerprint density at radius 3 is 0.765 bits per heavy atom. The second-order valence-corrected chi connectivity index (χ2v) is 32.1. The standard InChI is InChI=1S/C87H58GeN10/c1-10-29-59(30-11-1)79-89-80(60-31-12-2-13-32-60)93-85(92-79)67-50-53-76-73(57-67)74-58-68(86-94-81(61-33-14-3-15-34-61)90-82(95-86)62-35-16-4-17-36-62)51-54-77(74)98(76)78-52-49-66(56-75(78)87-96-83(63-37-18-5-19-38-63)91-84(97-87)64-39-20-6-21-40-64)65-41-28-48-72(55-65)88(69-42-22-7-23-43-69,70-44-24-8-25-45-70)71-46-26-9-27-47-71/h1-58H. The van der Waals surface area contributed by atoms with Crippen molar-refractivity contribution < 1.29 is 0 Å². The Bertz CT molecular complexity index is 5260. The average molecular weight is 1320 g/mol. The van der Waals surface area contributed by atoms with Crippen molar-refractivity contribution in [2.45, 2.75) is 0 Å². The van der Waals surface area contributed by atoms with Crippen molar-refractivity contribution in [3.05, 3.63) is 352 Å². The van der Waals surface area contributed by atoms with Gasteiger partial charge in [0.15, 0.2) is 34.9 Å². The quantitative estimate of drug-likeness (QED) is 0.0924. The Balaban J connectivity index is 0.931. The first kappa shape index (κ1) is 59.0. The summed E-state index contributed by atoms with van der Waals surface area (Å²) in [5, 5.41) is 1.89. The number of hydrogen-bond donors (Lipinski definition) is 0. The average Bonchev–Trinajstić information content (AvgIpc) is 1.45. The van der Waals surface area contributed by atoms with Crippen LogP contribution in [0.15, 0.2) is 352 Å². The van der Waals surface area contributed by atoms with Crippen molar-refractivity contribution in [1.29, 1.82) is 0 Å². The second kappa shape index (κ2) is 25.9. The van der Waals surface area contributed by atoms with Crippen LogP contribution in [0, 0.1) is 0 Å². The molecule has 98 heavy (non-hydrogen) atoms. The van der Waals surface area contributed by atoms with Crippen molar-refractivity contribution >= 4 is 52.7 Å². The predicted octanol–water partition coefficient (Wildman–Crippen LogP) is 17.4. The molecule has 4 heterocycles. The van der Waals surface area contributed by atoms with E-state index in [0.29, 0.717) is 52.4 Å². The zero-order valence-corrected chi connectivity index (χ0v) is 55.1. The molecule has 0 bridgehead atoms. The van der Waals surface area contributed by atoms with Gasteiger partial charge in [-0.3, -0.25) is 0 Å². The summed E-state index contributed by atoms with van der Waals surface area (Å²) in [5.74, 6) is 4.99. The van der Waals surface area contributed by atoms with Gasteiger partial charge in [-0.1, -0.05) is 133 Å². The molecule has 10 nitrogen and oxygen atoms in total. The van der Waals surface area contributed by atoms with E-state index in [9.17, 15) is 0 Å². The third kappa shape index (κ3) is 11.2. The number of rotatable bonds is 15. The molecule has 0 saturated heterocycles. The summed E-state index contributed by atoms with van der Waals surface area (Å²) in [7, 11) is 0. The summed E-state index contributed by atoms with van der Waals surface area (Å²) in [6.07, 6.45) is 0. The van der Waals surface area contributed by atoms with Crippen LogP contribution in [-0.4, -0.2) is 62.7 Å². The molecule has 0 unspecified atom stereocenters. The molecule has 0 aliphatic rings. The third-order valence-corrected chi connectivity index (χ3v) is 28.1. The van der Waals surface area contributed by atoms with Gasteiger partial charge in [0, 0.05) is 22.3 Å². The summed E-state index contributed by atoms with van der Waals surface area (Å²) in [6.45, 7) is 0. The second-order valence-electron chi connectivity index (χ2n) is 24.1. The summed E-state index contributed by atoms with van der Waals surface area (Å²) in [4.78, 5) is 47.4. The van der Waals surface area contributed by atoms with Gasteiger partial charge in [0.05, 0.1) is 0 Å². The van der Waals surface area contributed by atoms with Crippen LogP contribution in [0.25, 0.3) is 141 Å². The summed E-state index contributed by atoms with van der Waals surface area (Å²) < 4.78 is 7.68. The Morgan fingerprint density at radius 1 is 0.184 bits per heavy atom. The van der Waals surface area contributed by atoms with Crippen LogP contribution in [0.4, 0.5) is 0 Å². The molecule has 17 aromatic rings. The maximum Gasteiger partial charge on any atom is -0.0512 e. The van der Waals surface area contributed by atoms with Crippen molar-refractivity contribution in [2.24, 2.45) is 0 Å². The molecular formula is C87H58GeN10. The van der Waals surface area contributed by atoms with E-state index in [1.165, 1.54) is 17.6 Å². The number of aromatic nitrogens is 10. The van der Waals surface area contributed by atoms with Crippen molar-refractivity contribution in [3.63, 3.8) is 0 Å². The van der Waals surface area contributed by atoms with Gasteiger partial charge in [0.25, 0.3) is 0 Å². The molecule has 0 fully saturated rings. The maximum atomic E-state index is 5.51. The molecule has 4 aromatic heterocycles. The minimum Gasteiger partial charge on any atom is -0.208 e. The molecule has 11 heteroatoms. The molecule has 0 amide bonds. The first-order valence-corrected chi connectivity index (χ1v) is 36.9. The van der Waals surface area contributed by atoms with E-state index >= 15 is 0 Å². The fourth-order valence-corrected chi connectivity index (χ4v) is 23.5. The van der Waals surface area contributed by atoms with E-state index in [1.54, 1.807) is 0 Å². The maximum absolute atomic E-state index is 5.51. The van der Waals surface area contributed by atoms with Crippen LogP contribution < -0.4 is 17.6 Å². The van der Waals surface area contributed by atoms with Crippen LogP contribution >= 0.6 is 0 Å². The van der Waals surface area contributed by atoms with Crippen molar-refractivity contribution in [1.82, 2.24) is 49.4 Å². The summed E-state index contributed by atoms with van der Waals surface area (Å²) >= 11 is -3.74. The topological polar surface area (TPSA) is 121 Å². The Labute approximate surface area is 569 Å². The molecule has 13 aromatic carbocycles. The number of benzene rings is 13. The van der Waals surface area contributed by atoms with Gasteiger partial charge >= 0.3 is 353 Å². The normalized spacial score (nSPS) is 11.5. The zero-order valence-electron chi connectivity index (χ0n) is 53.0. The van der Waals surface area contributed by atoms with E-state index in [4.69, 9.17) is 44.9 Å². The fourth-order valence-electron chi connectivity index (χ4n) is 13.5. The van der Waals surface area contributed by atoms with Crippen molar-refractivity contribution in [3.8, 4) is 119 Å².